The molecule has 1 fully saturated rings. The molecule has 1 aromatic carbocycles. The molecular formula is C17H23N3O. The third-order valence-corrected chi connectivity index (χ3v) is 4.22. The highest BCUT2D eigenvalue weighted by molar-refractivity contribution is 5.92. The lowest BCUT2D eigenvalue weighted by molar-refractivity contribution is 0.0685. The first-order chi connectivity index (χ1) is 10.3. The van der Waals surface area contributed by atoms with E-state index in [4.69, 9.17) is 15.5 Å². The van der Waals surface area contributed by atoms with E-state index in [1.165, 1.54) is 10.8 Å². The van der Waals surface area contributed by atoms with Crippen LogP contribution in [0.15, 0.2) is 30.3 Å². The van der Waals surface area contributed by atoms with E-state index < -0.39 is 0 Å². The fraction of sp³-hybridized carbons (Fsp3) is 0.471. The van der Waals surface area contributed by atoms with Crippen LogP contribution >= 0.6 is 0 Å². The third kappa shape index (κ3) is 3.17. The smallest absolute Gasteiger partial charge is 0.136 e. The van der Waals surface area contributed by atoms with Gasteiger partial charge in [0.15, 0.2) is 0 Å². The molecule has 0 aliphatic carbocycles. The highest BCUT2D eigenvalue weighted by Crippen LogP contribution is 2.27. The maximum absolute atomic E-state index is 5.80. The van der Waals surface area contributed by atoms with E-state index in [9.17, 15) is 0 Å². The van der Waals surface area contributed by atoms with Crippen molar-refractivity contribution in [2.75, 3.05) is 31.7 Å². The fourth-order valence-electron chi connectivity index (χ4n) is 3.03. The molecule has 4 nitrogen and oxygen atoms in total. The topological polar surface area (TPSA) is 51.4 Å². The number of hydrogen-bond acceptors (Lipinski definition) is 4. The van der Waals surface area contributed by atoms with E-state index >= 15 is 0 Å². The third-order valence-electron chi connectivity index (χ3n) is 4.22. The van der Waals surface area contributed by atoms with Gasteiger partial charge >= 0.3 is 0 Å². The molecule has 1 aliphatic heterocycles. The predicted octanol–water partition coefficient (Wildman–Crippen LogP) is 2.56. The first-order valence-corrected chi connectivity index (χ1v) is 7.65. The van der Waals surface area contributed by atoms with Crippen LogP contribution in [0.2, 0.25) is 0 Å². The summed E-state index contributed by atoms with van der Waals surface area (Å²) in [5.41, 5.74) is 6.74. The molecule has 0 spiro atoms. The quantitative estimate of drug-likeness (QED) is 0.938. The Labute approximate surface area is 125 Å². The van der Waals surface area contributed by atoms with Gasteiger partial charge in [-0.1, -0.05) is 24.3 Å². The van der Waals surface area contributed by atoms with Gasteiger partial charge < -0.3 is 15.4 Å². The van der Waals surface area contributed by atoms with E-state index in [2.05, 4.69) is 42.3 Å². The van der Waals surface area contributed by atoms with Gasteiger partial charge in [0.25, 0.3) is 0 Å². The SMILES string of the molecule is CN(CC1CCOCC1)c1nc(CN)cc2ccccc12. The van der Waals surface area contributed by atoms with Crippen molar-refractivity contribution >= 4 is 16.6 Å². The number of anilines is 1. The van der Waals surface area contributed by atoms with Crippen LogP contribution in [0.25, 0.3) is 10.8 Å². The lowest BCUT2D eigenvalue weighted by Crippen LogP contribution is -2.30. The number of aromatic nitrogens is 1. The molecule has 2 N–H and O–H groups in total. The molecule has 0 bridgehead atoms. The minimum Gasteiger partial charge on any atom is -0.381 e. The molecule has 0 atom stereocenters. The fourth-order valence-corrected chi connectivity index (χ4v) is 3.03. The number of ether oxygens (including phenoxy) is 1. The Kier molecular flexibility index (Phi) is 4.36. The average Bonchev–Trinajstić information content (AvgIpc) is 2.54. The Hall–Kier alpha value is -1.65. The van der Waals surface area contributed by atoms with Gasteiger partial charge in [-0.15, -0.1) is 0 Å². The van der Waals surface area contributed by atoms with Gasteiger partial charge in [-0.05, 0) is 30.2 Å². The molecule has 1 aliphatic rings. The van der Waals surface area contributed by atoms with Crippen molar-refractivity contribution in [3.8, 4) is 0 Å². The molecule has 0 radical (unpaired) electrons. The zero-order valence-corrected chi connectivity index (χ0v) is 12.6. The predicted molar refractivity (Wildman–Crippen MR) is 86.4 cm³/mol. The zero-order chi connectivity index (χ0) is 14.7. The van der Waals surface area contributed by atoms with Crippen LogP contribution in [0.1, 0.15) is 18.5 Å². The summed E-state index contributed by atoms with van der Waals surface area (Å²) in [4.78, 5) is 7.03. The van der Waals surface area contributed by atoms with Crippen molar-refractivity contribution in [2.45, 2.75) is 19.4 Å². The minimum atomic E-state index is 0.475. The van der Waals surface area contributed by atoms with Crippen LogP contribution in [-0.2, 0) is 11.3 Å². The normalized spacial score (nSPS) is 16.3. The van der Waals surface area contributed by atoms with Crippen molar-refractivity contribution in [1.82, 2.24) is 4.98 Å². The molecule has 0 saturated carbocycles. The first-order valence-electron chi connectivity index (χ1n) is 7.65. The molecule has 1 aromatic heterocycles. The Balaban J connectivity index is 1.90. The Morgan fingerprint density at radius 3 is 2.81 bits per heavy atom. The summed E-state index contributed by atoms with van der Waals surface area (Å²) >= 11 is 0. The molecule has 2 aromatic rings. The standard InChI is InChI=1S/C17H23N3O/c1-20(12-13-6-8-21-9-7-13)17-16-5-3-2-4-14(16)10-15(11-18)19-17/h2-5,10,13H,6-9,11-12,18H2,1H3. The largest absolute Gasteiger partial charge is 0.381 e. The van der Waals surface area contributed by atoms with E-state index in [0.717, 1.165) is 44.1 Å². The van der Waals surface area contributed by atoms with Gasteiger partial charge in [0.2, 0.25) is 0 Å². The van der Waals surface area contributed by atoms with Crippen LogP contribution in [0.3, 0.4) is 0 Å². The molecule has 0 unspecified atom stereocenters. The number of fused-ring (bicyclic) bond motifs is 1. The second-order valence-corrected chi connectivity index (χ2v) is 5.80. The van der Waals surface area contributed by atoms with E-state index in [1.807, 2.05) is 0 Å². The van der Waals surface area contributed by atoms with Crippen LogP contribution in [0, 0.1) is 5.92 Å². The van der Waals surface area contributed by atoms with Gasteiger partial charge in [-0.2, -0.15) is 0 Å². The molecular weight excluding hydrogens is 262 g/mol. The summed E-state index contributed by atoms with van der Waals surface area (Å²) in [6.45, 7) is 3.27. The van der Waals surface area contributed by atoms with Gasteiger partial charge in [-0.25, -0.2) is 4.98 Å². The number of pyridine rings is 1. The van der Waals surface area contributed by atoms with Crippen molar-refractivity contribution in [2.24, 2.45) is 11.7 Å². The van der Waals surface area contributed by atoms with Crippen LogP contribution in [0.5, 0.6) is 0 Å². The second-order valence-electron chi connectivity index (χ2n) is 5.80. The molecule has 3 rings (SSSR count). The lowest BCUT2D eigenvalue weighted by atomic mass is 9.99. The summed E-state index contributed by atoms with van der Waals surface area (Å²) in [6, 6.07) is 10.5. The second kappa shape index (κ2) is 6.41. The van der Waals surface area contributed by atoms with Gasteiger partial charge in [0.1, 0.15) is 5.82 Å². The van der Waals surface area contributed by atoms with E-state index in [0.29, 0.717) is 12.5 Å². The summed E-state index contributed by atoms with van der Waals surface area (Å²) in [6.07, 6.45) is 2.28. The Morgan fingerprint density at radius 1 is 1.29 bits per heavy atom. The van der Waals surface area contributed by atoms with Gasteiger partial charge in [0, 0.05) is 38.7 Å². The van der Waals surface area contributed by atoms with Crippen molar-refractivity contribution in [3.05, 3.63) is 36.0 Å². The van der Waals surface area contributed by atoms with E-state index in [1.54, 1.807) is 0 Å². The monoisotopic (exact) mass is 285 g/mol. The van der Waals surface area contributed by atoms with Crippen molar-refractivity contribution in [1.29, 1.82) is 0 Å². The lowest BCUT2D eigenvalue weighted by Gasteiger charge is -2.28. The van der Waals surface area contributed by atoms with Crippen LogP contribution in [-0.4, -0.2) is 31.8 Å². The maximum Gasteiger partial charge on any atom is 0.136 e. The molecule has 4 heteroatoms. The number of benzene rings is 1. The molecule has 112 valence electrons. The number of nitrogens with two attached hydrogens (primary N) is 1. The zero-order valence-electron chi connectivity index (χ0n) is 12.6. The summed E-state index contributed by atoms with van der Waals surface area (Å²) in [7, 11) is 2.13. The molecule has 21 heavy (non-hydrogen) atoms. The van der Waals surface area contributed by atoms with Crippen molar-refractivity contribution < 1.29 is 4.74 Å². The highest BCUT2D eigenvalue weighted by Gasteiger charge is 2.18. The number of rotatable bonds is 4. The first kappa shape index (κ1) is 14.3. The number of nitrogens with zero attached hydrogens (tertiary/aromatic N) is 2. The van der Waals surface area contributed by atoms with E-state index in [-0.39, 0.29) is 0 Å². The Bertz CT molecular complexity index is 608. The summed E-state index contributed by atoms with van der Waals surface area (Å²) < 4.78 is 5.44. The Morgan fingerprint density at radius 2 is 2.05 bits per heavy atom. The number of hydrogen-bond donors (Lipinski definition) is 1. The van der Waals surface area contributed by atoms with Crippen molar-refractivity contribution in [3.63, 3.8) is 0 Å². The molecule has 2 heterocycles. The molecule has 0 amide bonds. The highest BCUT2D eigenvalue weighted by atomic mass is 16.5. The summed E-state index contributed by atoms with van der Waals surface area (Å²) in [5.74, 6) is 1.73. The maximum atomic E-state index is 5.80. The van der Waals surface area contributed by atoms with Gasteiger partial charge in [-0.3, -0.25) is 0 Å². The minimum absolute atomic E-state index is 0.475. The van der Waals surface area contributed by atoms with Crippen LogP contribution < -0.4 is 10.6 Å². The average molecular weight is 285 g/mol. The van der Waals surface area contributed by atoms with Crippen LogP contribution in [0.4, 0.5) is 5.82 Å². The summed E-state index contributed by atoms with van der Waals surface area (Å²) in [5, 5.41) is 2.41. The van der Waals surface area contributed by atoms with Gasteiger partial charge in [0.05, 0.1) is 5.69 Å². The molecule has 1 saturated heterocycles.